The van der Waals surface area contributed by atoms with Crippen LogP contribution in [0.5, 0.6) is 16.7 Å². The van der Waals surface area contributed by atoms with Gasteiger partial charge in [0, 0.05) is 6.20 Å². The Morgan fingerprint density at radius 3 is 2.50 bits per heavy atom. The maximum absolute atomic E-state index is 11.1. The molecule has 2 aromatic carbocycles. The molecule has 28 heavy (non-hydrogen) atoms. The summed E-state index contributed by atoms with van der Waals surface area (Å²) in [6.07, 6.45) is 1.91. The maximum atomic E-state index is 11.1. The van der Waals surface area contributed by atoms with E-state index in [9.17, 15) is 4.79 Å². The number of nitrogens with zero attached hydrogens (tertiary/aromatic N) is 1. The molecule has 0 saturated heterocycles. The van der Waals surface area contributed by atoms with Gasteiger partial charge in [-0.1, -0.05) is 29.5 Å². The normalized spacial score (nSPS) is 11.9. The summed E-state index contributed by atoms with van der Waals surface area (Å²) in [6.45, 7) is 5.86. The average Bonchev–Trinajstić information content (AvgIpc) is 3.11. The van der Waals surface area contributed by atoms with Gasteiger partial charge in [-0.25, -0.2) is 9.78 Å². The van der Waals surface area contributed by atoms with E-state index in [1.807, 2.05) is 69.3 Å². The minimum atomic E-state index is -0.545. The minimum Gasteiger partial charge on any atom is -0.491 e. The molecule has 0 aliphatic rings. The number of nitrogens with one attached hydrogen (secondary N) is 1. The van der Waals surface area contributed by atoms with Gasteiger partial charge in [-0.3, -0.25) is 0 Å². The number of hydrogen-bond acceptors (Lipinski definition) is 5. The fourth-order valence-corrected chi connectivity index (χ4v) is 3.44. The lowest BCUT2D eigenvalue weighted by molar-refractivity contribution is 0.242. The molecule has 3 rings (SSSR count). The standard InChI is InChI=1S/C21H23N3O3S/c1-13(2)26-17-7-9-18(10-8-17)27-21-23-12-19(28-21)16-6-4-5-15(11-16)14(3)24-20(22)25/h4-14H,1-3H3,(H3,22,24,25). The van der Waals surface area contributed by atoms with Crippen molar-refractivity contribution in [1.82, 2.24) is 10.3 Å². The molecule has 1 heterocycles. The summed E-state index contributed by atoms with van der Waals surface area (Å²) in [5.41, 5.74) is 7.18. The van der Waals surface area contributed by atoms with Crippen LogP contribution < -0.4 is 20.5 Å². The van der Waals surface area contributed by atoms with Crippen molar-refractivity contribution in [1.29, 1.82) is 0 Å². The molecular formula is C21H23N3O3S. The van der Waals surface area contributed by atoms with Gasteiger partial charge in [0.1, 0.15) is 11.5 Å². The summed E-state index contributed by atoms with van der Waals surface area (Å²) in [4.78, 5) is 16.4. The predicted molar refractivity (Wildman–Crippen MR) is 111 cm³/mol. The number of ether oxygens (including phenoxy) is 2. The lowest BCUT2D eigenvalue weighted by Gasteiger charge is -2.13. The van der Waals surface area contributed by atoms with Crippen LogP contribution >= 0.6 is 11.3 Å². The van der Waals surface area contributed by atoms with Gasteiger partial charge in [-0.05, 0) is 62.2 Å². The van der Waals surface area contributed by atoms with Gasteiger partial charge >= 0.3 is 6.03 Å². The second kappa shape index (κ2) is 8.75. The quantitative estimate of drug-likeness (QED) is 0.579. The van der Waals surface area contributed by atoms with Crippen molar-refractivity contribution in [2.75, 3.05) is 0 Å². The summed E-state index contributed by atoms with van der Waals surface area (Å²) < 4.78 is 11.5. The van der Waals surface area contributed by atoms with E-state index in [4.69, 9.17) is 15.2 Å². The van der Waals surface area contributed by atoms with Crippen LogP contribution in [-0.4, -0.2) is 17.1 Å². The predicted octanol–water partition coefficient (Wildman–Crippen LogP) is 5.12. The van der Waals surface area contributed by atoms with Crippen molar-refractivity contribution in [2.45, 2.75) is 32.9 Å². The van der Waals surface area contributed by atoms with Crippen molar-refractivity contribution in [3.05, 3.63) is 60.3 Å². The van der Waals surface area contributed by atoms with Crippen LogP contribution in [0.2, 0.25) is 0 Å². The zero-order chi connectivity index (χ0) is 20.1. The number of thiazole rings is 1. The zero-order valence-electron chi connectivity index (χ0n) is 16.0. The molecule has 3 N–H and O–H groups in total. The van der Waals surface area contributed by atoms with E-state index in [1.165, 1.54) is 11.3 Å². The number of benzene rings is 2. The van der Waals surface area contributed by atoms with Crippen LogP contribution in [0.4, 0.5) is 4.79 Å². The molecule has 6 nitrogen and oxygen atoms in total. The Morgan fingerprint density at radius 2 is 1.82 bits per heavy atom. The first kappa shape index (κ1) is 19.7. The Labute approximate surface area is 168 Å². The van der Waals surface area contributed by atoms with Gasteiger partial charge in [0.2, 0.25) is 0 Å². The molecule has 146 valence electrons. The molecule has 1 atom stereocenters. The highest BCUT2D eigenvalue weighted by Gasteiger charge is 2.11. The molecule has 0 radical (unpaired) electrons. The number of carbonyl (C=O) groups excluding carboxylic acids is 1. The van der Waals surface area contributed by atoms with Crippen molar-refractivity contribution >= 4 is 17.4 Å². The van der Waals surface area contributed by atoms with E-state index in [1.54, 1.807) is 6.20 Å². The van der Waals surface area contributed by atoms with Crippen LogP contribution in [0, 0.1) is 0 Å². The van der Waals surface area contributed by atoms with Gasteiger partial charge in [-0.2, -0.15) is 0 Å². The monoisotopic (exact) mass is 397 g/mol. The van der Waals surface area contributed by atoms with Gasteiger partial charge < -0.3 is 20.5 Å². The fourth-order valence-electron chi connectivity index (χ4n) is 2.66. The highest BCUT2D eigenvalue weighted by molar-refractivity contribution is 7.16. The van der Waals surface area contributed by atoms with Crippen LogP contribution in [0.15, 0.2) is 54.7 Å². The molecule has 1 unspecified atom stereocenters. The summed E-state index contributed by atoms with van der Waals surface area (Å²) in [5, 5.41) is 3.24. The Bertz CT molecular complexity index is 938. The number of amides is 2. The highest BCUT2D eigenvalue weighted by atomic mass is 32.1. The van der Waals surface area contributed by atoms with E-state index < -0.39 is 6.03 Å². The Morgan fingerprint density at radius 1 is 1.11 bits per heavy atom. The average molecular weight is 398 g/mol. The third kappa shape index (κ3) is 5.23. The molecule has 0 fully saturated rings. The molecule has 0 saturated carbocycles. The van der Waals surface area contributed by atoms with Crippen LogP contribution in [-0.2, 0) is 0 Å². The third-order valence-corrected chi connectivity index (χ3v) is 4.84. The molecule has 0 aliphatic carbocycles. The highest BCUT2D eigenvalue weighted by Crippen LogP contribution is 2.34. The van der Waals surface area contributed by atoms with Crippen LogP contribution in [0.25, 0.3) is 10.4 Å². The number of rotatable bonds is 7. The summed E-state index contributed by atoms with van der Waals surface area (Å²) in [6, 6.07) is 14.6. The van der Waals surface area contributed by atoms with Crippen molar-refractivity contribution < 1.29 is 14.3 Å². The number of hydrogen-bond donors (Lipinski definition) is 2. The molecule has 0 aliphatic heterocycles. The van der Waals surface area contributed by atoms with E-state index in [-0.39, 0.29) is 12.1 Å². The number of aromatic nitrogens is 1. The lowest BCUT2D eigenvalue weighted by Crippen LogP contribution is -2.31. The second-order valence-electron chi connectivity index (χ2n) is 6.59. The molecule has 1 aromatic heterocycles. The van der Waals surface area contributed by atoms with Crippen molar-refractivity contribution in [3.8, 4) is 27.1 Å². The van der Waals surface area contributed by atoms with E-state index >= 15 is 0 Å². The third-order valence-electron chi connectivity index (χ3n) is 3.92. The smallest absolute Gasteiger partial charge is 0.312 e. The fraction of sp³-hybridized carbons (Fsp3) is 0.238. The molecule has 0 bridgehead atoms. The maximum Gasteiger partial charge on any atom is 0.312 e. The SMILES string of the molecule is CC(C)Oc1ccc(Oc2ncc(-c3cccc(C(C)NC(N)=O)c3)s2)cc1. The topological polar surface area (TPSA) is 86.5 Å². The summed E-state index contributed by atoms with van der Waals surface area (Å²) >= 11 is 1.45. The Hall–Kier alpha value is -3.06. The van der Waals surface area contributed by atoms with Crippen LogP contribution in [0.3, 0.4) is 0 Å². The number of nitrogens with two attached hydrogens (primary N) is 1. The molecule has 7 heteroatoms. The van der Waals surface area contributed by atoms with Gasteiger partial charge in [-0.15, -0.1) is 0 Å². The van der Waals surface area contributed by atoms with Crippen molar-refractivity contribution in [2.24, 2.45) is 5.73 Å². The summed E-state index contributed by atoms with van der Waals surface area (Å²) in [5.74, 6) is 1.50. The first-order valence-corrected chi connectivity index (χ1v) is 9.79. The first-order chi connectivity index (χ1) is 13.4. The zero-order valence-corrected chi connectivity index (χ0v) is 16.8. The lowest BCUT2D eigenvalue weighted by atomic mass is 10.0. The van der Waals surface area contributed by atoms with E-state index in [0.29, 0.717) is 10.9 Å². The van der Waals surface area contributed by atoms with Gasteiger partial charge in [0.15, 0.2) is 0 Å². The Kier molecular flexibility index (Phi) is 6.16. The number of urea groups is 1. The largest absolute Gasteiger partial charge is 0.491 e. The molecular weight excluding hydrogens is 374 g/mol. The van der Waals surface area contributed by atoms with Gasteiger partial charge in [0.05, 0.1) is 17.0 Å². The molecule has 0 spiro atoms. The van der Waals surface area contributed by atoms with E-state index in [0.717, 1.165) is 21.8 Å². The molecule has 3 aromatic rings. The van der Waals surface area contributed by atoms with E-state index in [2.05, 4.69) is 10.3 Å². The molecule has 2 amide bonds. The minimum absolute atomic E-state index is 0.130. The second-order valence-corrected chi connectivity index (χ2v) is 7.58. The summed E-state index contributed by atoms with van der Waals surface area (Å²) in [7, 11) is 0. The first-order valence-electron chi connectivity index (χ1n) is 8.97. The van der Waals surface area contributed by atoms with Gasteiger partial charge in [0.25, 0.3) is 5.19 Å². The number of primary amides is 1. The van der Waals surface area contributed by atoms with Crippen LogP contribution in [0.1, 0.15) is 32.4 Å². The Balaban J connectivity index is 1.71. The van der Waals surface area contributed by atoms with Crippen molar-refractivity contribution in [3.63, 3.8) is 0 Å². The number of carbonyl (C=O) groups is 1.